The Bertz CT molecular complexity index is 666. The van der Waals surface area contributed by atoms with Gasteiger partial charge >= 0.3 is 12.0 Å². The summed E-state index contributed by atoms with van der Waals surface area (Å²) in [5.74, 6) is -1.11. The molecule has 3 rings (SSSR count). The van der Waals surface area contributed by atoms with Crippen LogP contribution < -0.4 is 5.32 Å². The molecule has 0 unspecified atom stereocenters. The van der Waals surface area contributed by atoms with E-state index >= 15 is 0 Å². The molecule has 110 valence electrons. The first-order chi connectivity index (χ1) is 10.2. The van der Waals surface area contributed by atoms with Crippen LogP contribution in [0.1, 0.15) is 10.5 Å². The van der Waals surface area contributed by atoms with E-state index in [0.29, 0.717) is 31.9 Å². The summed E-state index contributed by atoms with van der Waals surface area (Å²) in [5.41, 5.74) is 0.417. The summed E-state index contributed by atoms with van der Waals surface area (Å²) in [4.78, 5) is 25.2. The molecule has 1 saturated heterocycles. The first-order valence-electron chi connectivity index (χ1n) is 6.40. The fraction of sp³-hybridized carbons (Fsp3) is 0.333. The molecule has 8 nitrogen and oxygen atoms in total. The van der Waals surface area contributed by atoms with Crippen molar-refractivity contribution in [1.29, 1.82) is 0 Å². The molecular weight excluding hydrogens is 294 g/mol. The van der Waals surface area contributed by atoms with E-state index in [4.69, 9.17) is 0 Å². The number of rotatable bonds is 5. The van der Waals surface area contributed by atoms with Crippen LogP contribution in [0, 0.1) is 0 Å². The van der Waals surface area contributed by atoms with Crippen LogP contribution in [0.5, 0.6) is 0 Å². The Morgan fingerprint density at radius 1 is 1.48 bits per heavy atom. The molecule has 0 bridgehead atoms. The van der Waals surface area contributed by atoms with Crippen molar-refractivity contribution < 1.29 is 14.7 Å². The number of carbonyl (C=O) groups excluding carboxylic acids is 1. The molecule has 9 heteroatoms. The molecule has 2 N–H and O–H groups in total. The smallest absolute Gasteiger partial charge is 0.358 e. The minimum atomic E-state index is -1.11. The monoisotopic (exact) mass is 307 g/mol. The summed E-state index contributed by atoms with van der Waals surface area (Å²) in [7, 11) is 0. The van der Waals surface area contributed by atoms with Crippen molar-refractivity contribution in [3.8, 4) is 10.6 Å². The Balaban J connectivity index is 1.85. The number of aromatic nitrogens is 3. The van der Waals surface area contributed by atoms with Crippen molar-refractivity contribution in [2.24, 2.45) is 0 Å². The van der Waals surface area contributed by atoms with Crippen LogP contribution in [-0.2, 0) is 6.54 Å². The average molecular weight is 307 g/mol. The zero-order chi connectivity index (χ0) is 14.8. The normalized spacial score (nSPS) is 14.5. The lowest BCUT2D eigenvalue weighted by Crippen LogP contribution is -2.31. The number of urea groups is 1. The largest absolute Gasteiger partial charge is 0.476 e. The minimum absolute atomic E-state index is 0.0664. The van der Waals surface area contributed by atoms with Crippen molar-refractivity contribution in [2.75, 3.05) is 19.6 Å². The Morgan fingerprint density at radius 3 is 2.95 bits per heavy atom. The van der Waals surface area contributed by atoms with Gasteiger partial charge in [0.05, 0.1) is 11.4 Å². The Hall–Kier alpha value is -2.42. The van der Waals surface area contributed by atoms with Gasteiger partial charge in [-0.2, -0.15) is 0 Å². The lowest BCUT2D eigenvalue weighted by Gasteiger charge is -2.14. The third-order valence-corrected chi connectivity index (χ3v) is 4.10. The van der Waals surface area contributed by atoms with E-state index in [2.05, 4.69) is 15.6 Å². The van der Waals surface area contributed by atoms with Gasteiger partial charge in [-0.3, -0.25) is 0 Å². The van der Waals surface area contributed by atoms with E-state index in [1.807, 2.05) is 17.5 Å². The molecule has 0 aliphatic carbocycles. The van der Waals surface area contributed by atoms with Crippen LogP contribution in [0.15, 0.2) is 17.5 Å². The first-order valence-corrected chi connectivity index (χ1v) is 7.28. The number of hydrogen-bond acceptors (Lipinski definition) is 5. The second kappa shape index (κ2) is 5.52. The number of carboxylic acid groups (broad SMARTS) is 1. The van der Waals surface area contributed by atoms with Gasteiger partial charge in [-0.05, 0) is 11.4 Å². The van der Waals surface area contributed by atoms with Gasteiger partial charge in [0.2, 0.25) is 0 Å². The highest BCUT2D eigenvalue weighted by Gasteiger charge is 2.23. The number of carbonyl (C=O) groups is 2. The molecule has 0 radical (unpaired) electrons. The van der Waals surface area contributed by atoms with Crippen molar-refractivity contribution in [3.05, 3.63) is 23.2 Å². The molecule has 2 aromatic rings. The Kier molecular flexibility index (Phi) is 3.57. The third-order valence-electron chi connectivity index (χ3n) is 3.22. The number of hydrogen-bond donors (Lipinski definition) is 2. The van der Waals surface area contributed by atoms with Gasteiger partial charge in [-0.25, -0.2) is 14.3 Å². The van der Waals surface area contributed by atoms with Crippen molar-refractivity contribution in [1.82, 2.24) is 25.2 Å². The van der Waals surface area contributed by atoms with E-state index in [-0.39, 0.29) is 11.7 Å². The zero-order valence-corrected chi connectivity index (χ0v) is 11.8. The highest BCUT2D eigenvalue weighted by molar-refractivity contribution is 7.13. The van der Waals surface area contributed by atoms with Crippen LogP contribution in [0.2, 0.25) is 0 Å². The number of amides is 2. The summed E-state index contributed by atoms with van der Waals surface area (Å²) >= 11 is 1.43. The topological polar surface area (TPSA) is 100 Å². The van der Waals surface area contributed by atoms with Crippen LogP contribution in [-0.4, -0.2) is 56.6 Å². The number of nitrogens with one attached hydrogen (secondary N) is 1. The molecule has 1 aliphatic rings. The molecular formula is C12H13N5O3S. The molecule has 3 heterocycles. The number of aromatic carboxylic acids is 1. The van der Waals surface area contributed by atoms with Crippen LogP contribution in [0.4, 0.5) is 4.79 Å². The van der Waals surface area contributed by atoms with Gasteiger partial charge in [0, 0.05) is 19.6 Å². The third kappa shape index (κ3) is 2.59. The van der Waals surface area contributed by atoms with Gasteiger partial charge < -0.3 is 15.3 Å². The van der Waals surface area contributed by atoms with E-state index < -0.39 is 5.97 Å². The fourth-order valence-corrected chi connectivity index (χ4v) is 2.99. The fourth-order valence-electron chi connectivity index (χ4n) is 2.21. The predicted octanol–water partition coefficient (Wildman–Crippen LogP) is 0.730. The highest BCUT2D eigenvalue weighted by atomic mass is 32.1. The van der Waals surface area contributed by atoms with Crippen molar-refractivity contribution >= 4 is 23.3 Å². The molecule has 1 fully saturated rings. The first kappa shape index (κ1) is 13.6. The minimum Gasteiger partial charge on any atom is -0.476 e. The number of carboxylic acids is 1. The number of thiophene rings is 1. The van der Waals surface area contributed by atoms with Crippen LogP contribution in [0.3, 0.4) is 0 Å². The molecule has 0 spiro atoms. The summed E-state index contributed by atoms with van der Waals surface area (Å²) in [6, 6.07) is 3.57. The molecule has 21 heavy (non-hydrogen) atoms. The summed E-state index contributed by atoms with van der Waals surface area (Å²) in [6.45, 7) is 2.15. The second-order valence-corrected chi connectivity index (χ2v) is 5.46. The van der Waals surface area contributed by atoms with Gasteiger partial charge in [0.1, 0.15) is 5.69 Å². The van der Waals surface area contributed by atoms with E-state index in [1.165, 1.54) is 11.3 Å². The summed E-state index contributed by atoms with van der Waals surface area (Å²) < 4.78 is 1.54. The maximum absolute atomic E-state index is 11.5. The molecule has 0 saturated carbocycles. The maximum Gasteiger partial charge on any atom is 0.358 e. The summed E-state index contributed by atoms with van der Waals surface area (Å²) in [5, 5.41) is 21.5. The molecule has 2 aromatic heterocycles. The van der Waals surface area contributed by atoms with Gasteiger partial charge in [-0.1, -0.05) is 11.3 Å². The van der Waals surface area contributed by atoms with Crippen molar-refractivity contribution in [2.45, 2.75) is 6.54 Å². The highest BCUT2D eigenvalue weighted by Crippen LogP contribution is 2.27. The molecule has 2 amide bonds. The van der Waals surface area contributed by atoms with Gasteiger partial charge in [0.15, 0.2) is 5.69 Å². The van der Waals surface area contributed by atoms with Crippen LogP contribution in [0.25, 0.3) is 10.6 Å². The van der Waals surface area contributed by atoms with Gasteiger partial charge in [-0.15, -0.1) is 16.4 Å². The Morgan fingerprint density at radius 2 is 2.33 bits per heavy atom. The maximum atomic E-state index is 11.5. The van der Waals surface area contributed by atoms with Gasteiger partial charge in [0.25, 0.3) is 0 Å². The Labute approximate surface area is 124 Å². The molecule has 1 aliphatic heterocycles. The lowest BCUT2D eigenvalue weighted by molar-refractivity contribution is 0.0691. The molecule has 0 aromatic carbocycles. The zero-order valence-electron chi connectivity index (χ0n) is 11.0. The second-order valence-electron chi connectivity index (χ2n) is 4.51. The van der Waals surface area contributed by atoms with E-state index in [9.17, 15) is 14.7 Å². The SMILES string of the molecule is O=C(O)c1nnn(CCN2CCNC2=O)c1-c1cccs1. The predicted molar refractivity (Wildman–Crippen MR) is 75.3 cm³/mol. The van der Waals surface area contributed by atoms with E-state index in [1.54, 1.807) is 9.58 Å². The van der Waals surface area contributed by atoms with Crippen molar-refractivity contribution in [3.63, 3.8) is 0 Å². The average Bonchev–Trinajstić information content (AvgIpc) is 3.16. The van der Waals surface area contributed by atoms with Crippen LogP contribution >= 0.6 is 11.3 Å². The number of nitrogens with zero attached hydrogens (tertiary/aromatic N) is 4. The molecule has 0 atom stereocenters. The quantitative estimate of drug-likeness (QED) is 0.848. The van der Waals surface area contributed by atoms with E-state index in [0.717, 1.165) is 4.88 Å². The summed E-state index contributed by atoms with van der Waals surface area (Å²) in [6.07, 6.45) is 0. The lowest BCUT2D eigenvalue weighted by atomic mass is 10.2. The standard InChI is InChI=1S/C12H13N5O3S/c18-11(19)9-10(8-2-1-7-21-8)17(15-14-9)6-5-16-4-3-13-12(16)20/h1-2,7H,3-6H2,(H,13,20)(H,18,19).